The Morgan fingerprint density at radius 1 is 1.20 bits per heavy atom. The largest absolute Gasteiger partial charge is 0.669 e. The molecule has 0 aliphatic carbocycles. The van der Waals surface area contributed by atoms with Crippen LogP contribution in [0.2, 0.25) is 0 Å². The van der Waals surface area contributed by atoms with E-state index in [0.29, 0.717) is 0 Å². The van der Waals surface area contributed by atoms with Crippen molar-refractivity contribution >= 4 is 30.5 Å². The number of hydrogen-bond acceptors (Lipinski definition) is 2. The zero-order valence-corrected chi connectivity index (χ0v) is 7.22. The van der Waals surface area contributed by atoms with E-state index in [2.05, 4.69) is 9.31 Å². The first kappa shape index (κ1) is 10.5. The summed E-state index contributed by atoms with van der Waals surface area (Å²) in [7, 11) is -1.60. The van der Waals surface area contributed by atoms with Gasteiger partial charge in [0.15, 0.2) is 0 Å². The Kier molecular flexibility index (Phi) is 5.49. The van der Waals surface area contributed by atoms with Crippen LogP contribution in [-0.4, -0.2) is 18.4 Å². The Labute approximate surface area is 70.4 Å². The van der Waals surface area contributed by atoms with Gasteiger partial charge in [0.25, 0.3) is 0 Å². The van der Waals surface area contributed by atoms with Crippen LogP contribution in [0.3, 0.4) is 0 Å². The molecule has 0 aliphatic rings. The molecule has 2 unspecified atom stereocenters. The summed E-state index contributed by atoms with van der Waals surface area (Å²) in [6.45, 7) is 3.05. The average molecular weight is 186 g/mol. The van der Waals surface area contributed by atoms with Gasteiger partial charge in [-0.15, -0.1) is 0 Å². The van der Waals surface area contributed by atoms with Crippen LogP contribution >= 0.6 is 23.2 Å². The summed E-state index contributed by atoms with van der Waals surface area (Å²) in [6, 6.07) is 0. The molecule has 0 aliphatic heterocycles. The van der Waals surface area contributed by atoms with E-state index in [4.69, 9.17) is 23.2 Å². The van der Waals surface area contributed by atoms with E-state index in [1.54, 1.807) is 0 Å². The number of halogens is 2. The first-order valence-electron chi connectivity index (χ1n) is 2.77. The van der Waals surface area contributed by atoms with E-state index in [1.807, 2.05) is 0 Å². The van der Waals surface area contributed by atoms with E-state index >= 15 is 0 Å². The van der Waals surface area contributed by atoms with Crippen molar-refractivity contribution in [2.24, 2.45) is 0 Å². The second-order valence-corrected chi connectivity index (χ2v) is 2.88. The first-order chi connectivity index (χ1) is 4.52. The molecule has 0 bridgehead atoms. The molecule has 0 amide bonds. The van der Waals surface area contributed by atoms with Gasteiger partial charge in [-0.2, -0.15) is 0 Å². The highest BCUT2D eigenvalue weighted by molar-refractivity contribution is 6.37. The monoisotopic (exact) mass is 185 g/mol. The molecule has 0 aromatic carbocycles. The van der Waals surface area contributed by atoms with Gasteiger partial charge in [0.1, 0.15) is 11.1 Å². The van der Waals surface area contributed by atoms with Gasteiger partial charge in [-0.3, -0.25) is 0 Å². The minimum Gasteiger partial charge on any atom is -0.368 e. The van der Waals surface area contributed by atoms with Gasteiger partial charge in [-0.05, 0) is 13.8 Å². The van der Waals surface area contributed by atoms with Gasteiger partial charge in [-0.1, -0.05) is 23.2 Å². The van der Waals surface area contributed by atoms with Gasteiger partial charge in [0, 0.05) is 0 Å². The summed E-state index contributed by atoms with van der Waals surface area (Å²) in [4.78, 5) is 0. The maximum atomic E-state index is 10.5. The molecule has 0 aromatic rings. The molecule has 0 N–H and O–H groups in total. The van der Waals surface area contributed by atoms with Crippen molar-refractivity contribution in [2.45, 2.75) is 25.0 Å². The molecule has 0 aromatic heterocycles. The van der Waals surface area contributed by atoms with Crippen LogP contribution in [0, 0.1) is 0 Å². The molecule has 0 saturated heterocycles. The molecular weight excluding hydrogens is 178 g/mol. The Balaban J connectivity index is 3.34. The van der Waals surface area contributed by atoms with E-state index in [9.17, 15) is 5.02 Å². The minimum absolute atomic E-state index is 0.655. The van der Waals surface area contributed by atoms with E-state index in [1.165, 1.54) is 13.8 Å². The predicted octanol–water partition coefficient (Wildman–Crippen LogP) is 1.60. The molecule has 2 atom stereocenters. The third-order valence-electron chi connectivity index (χ3n) is 0.597. The van der Waals surface area contributed by atoms with Crippen LogP contribution < -0.4 is 0 Å². The SMILES string of the molecule is CC(Cl)OB([O])OC(C)Cl. The number of hydrogen-bond donors (Lipinski definition) is 0. The lowest BCUT2D eigenvalue weighted by molar-refractivity contribution is 0.0952. The summed E-state index contributed by atoms with van der Waals surface area (Å²) < 4.78 is 8.93. The molecule has 0 rings (SSSR count). The lowest BCUT2D eigenvalue weighted by atomic mass is 10.2. The summed E-state index contributed by atoms with van der Waals surface area (Å²) in [5.74, 6) is 0. The van der Waals surface area contributed by atoms with Crippen LogP contribution in [0.1, 0.15) is 13.8 Å². The highest BCUT2D eigenvalue weighted by Gasteiger charge is 2.22. The summed E-state index contributed by atoms with van der Waals surface area (Å²) in [6.07, 6.45) is 0. The van der Waals surface area contributed by atoms with Gasteiger partial charge in [0.2, 0.25) is 0 Å². The second-order valence-electron chi connectivity index (χ2n) is 1.65. The van der Waals surface area contributed by atoms with Gasteiger partial charge in [-0.25, -0.2) is 5.02 Å². The molecule has 3 nitrogen and oxygen atoms in total. The van der Waals surface area contributed by atoms with E-state index in [0.717, 1.165) is 0 Å². The Hall–Kier alpha value is 0.525. The zero-order valence-electron chi connectivity index (χ0n) is 5.71. The topological polar surface area (TPSA) is 38.4 Å². The van der Waals surface area contributed by atoms with Crippen molar-refractivity contribution in [3.8, 4) is 0 Å². The number of alkyl halides is 2. The fraction of sp³-hybridized carbons (Fsp3) is 1.00. The van der Waals surface area contributed by atoms with Crippen molar-refractivity contribution in [3.05, 3.63) is 0 Å². The highest BCUT2D eigenvalue weighted by atomic mass is 35.5. The lowest BCUT2D eigenvalue weighted by Crippen LogP contribution is -2.26. The average Bonchev–Trinajstić information content (AvgIpc) is 1.58. The van der Waals surface area contributed by atoms with Gasteiger partial charge in [0.05, 0.1) is 0 Å². The summed E-state index contributed by atoms with van der Waals surface area (Å²) >= 11 is 10.6. The molecule has 1 radical (unpaired) electrons. The fourth-order valence-electron chi connectivity index (χ4n) is 0.338. The van der Waals surface area contributed by atoms with Crippen LogP contribution in [0.4, 0.5) is 0 Å². The molecule has 6 heteroatoms. The normalized spacial score (nSPS) is 16.5. The fourth-order valence-corrected chi connectivity index (χ4v) is 0.506. The maximum absolute atomic E-state index is 10.5. The van der Waals surface area contributed by atoms with Crippen molar-refractivity contribution in [1.82, 2.24) is 0 Å². The van der Waals surface area contributed by atoms with Crippen LogP contribution in [-0.2, 0) is 14.3 Å². The van der Waals surface area contributed by atoms with Crippen LogP contribution in [0.25, 0.3) is 0 Å². The smallest absolute Gasteiger partial charge is 0.368 e. The lowest BCUT2D eigenvalue weighted by Gasteiger charge is -2.09. The second kappa shape index (κ2) is 5.21. The Morgan fingerprint density at radius 2 is 1.50 bits per heavy atom. The van der Waals surface area contributed by atoms with Gasteiger partial charge >= 0.3 is 7.32 Å². The molecular formula is C4H8BCl2O3. The summed E-state index contributed by atoms with van der Waals surface area (Å²) in [5.41, 5.74) is -1.31. The first-order valence-corrected chi connectivity index (χ1v) is 3.64. The van der Waals surface area contributed by atoms with Crippen molar-refractivity contribution in [3.63, 3.8) is 0 Å². The third kappa shape index (κ3) is 6.64. The molecule has 0 heterocycles. The van der Waals surface area contributed by atoms with Crippen molar-refractivity contribution in [2.75, 3.05) is 0 Å². The van der Waals surface area contributed by atoms with Crippen molar-refractivity contribution < 1.29 is 14.3 Å². The van der Waals surface area contributed by atoms with Gasteiger partial charge < -0.3 is 9.31 Å². The Bertz CT molecular complexity index is 80.6. The molecule has 59 valence electrons. The molecule has 0 saturated carbocycles. The highest BCUT2D eigenvalue weighted by Crippen LogP contribution is 2.03. The predicted molar refractivity (Wildman–Crippen MR) is 39.2 cm³/mol. The Morgan fingerprint density at radius 3 is 1.70 bits per heavy atom. The van der Waals surface area contributed by atoms with Crippen LogP contribution in [0.5, 0.6) is 0 Å². The molecule has 0 spiro atoms. The molecule has 0 fully saturated rings. The third-order valence-corrected chi connectivity index (χ3v) is 0.803. The van der Waals surface area contributed by atoms with E-state index < -0.39 is 18.4 Å². The maximum Gasteiger partial charge on any atom is 0.669 e. The standard InChI is InChI=1S/C4H8BCl2O3/c1-3(6)9-5(8)10-4(2)7/h3-4H,1-2H3. The number of rotatable bonds is 4. The quantitative estimate of drug-likeness (QED) is 0.493. The minimum atomic E-state index is -1.60. The summed E-state index contributed by atoms with van der Waals surface area (Å²) in [5, 5.41) is 10.5. The zero-order chi connectivity index (χ0) is 8.15. The van der Waals surface area contributed by atoms with E-state index in [-0.39, 0.29) is 0 Å². The molecule has 10 heavy (non-hydrogen) atoms. The van der Waals surface area contributed by atoms with Crippen molar-refractivity contribution in [1.29, 1.82) is 0 Å². The van der Waals surface area contributed by atoms with Crippen LogP contribution in [0.15, 0.2) is 0 Å².